The van der Waals surface area contributed by atoms with Crippen LogP contribution in [0.4, 0.5) is 0 Å². The van der Waals surface area contributed by atoms with Gasteiger partial charge in [0, 0.05) is 30.6 Å². The Morgan fingerprint density at radius 2 is 1.76 bits per heavy atom. The maximum Gasteiger partial charge on any atom is 0.273 e. The molecule has 2 amide bonds. The summed E-state index contributed by atoms with van der Waals surface area (Å²) < 4.78 is 9.43. The molecule has 1 aliphatic carbocycles. The molecule has 1 saturated carbocycles. The Bertz CT molecular complexity index is 724. The van der Waals surface area contributed by atoms with Crippen molar-refractivity contribution in [2.75, 3.05) is 6.54 Å². The zero-order valence-electron chi connectivity index (χ0n) is 14.5. The molecule has 2 aromatic rings. The van der Waals surface area contributed by atoms with Gasteiger partial charge in [0.05, 0.1) is 0 Å². The van der Waals surface area contributed by atoms with Crippen LogP contribution in [0.1, 0.15) is 48.2 Å². The molecule has 8 nitrogen and oxygen atoms in total. The summed E-state index contributed by atoms with van der Waals surface area (Å²) in [5.74, 6) is -0.198. The number of aromatic nitrogens is 2. The summed E-state index contributed by atoms with van der Waals surface area (Å²) in [7, 11) is 0. The van der Waals surface area contributed by atoms with Crippen LogP contribution in [0.25, 0.3) is 0 Å². The van der Waals surface area contributed by atoms with E-state index >= 15 is 0 Å². The number of nitrogens with one attached hydrogen (secondary N) is 2. The highest BCUT2D eigenvalue weighted by Crippen LogP contribution is 2.45. The second-order valence-electron chi connectivity index (χ2n) is 7.26. The van der Waals surface area contributed by atoms with E-state index in [1.165, 1.54) is 24.7 Å². The van der Waals surface area contributed by atoms with Crippen LogP contribution >= 0.6 is 0 Å². The van der Waals surface area contributed by atoms with Crippen molar-refractivity contribution in [3.8, 4) is 0 Å². The molecule has 134 valence electrons. The molecular weight excluding hydrogens is 324 g/mol. The third-order valence-corrected chi connectivity index (χ3v) is 5.02. The molecule has 0 spiro atoms. The Morgan fingerprint density at radius 3 is 2.32 bits per heavy atom. The van der Waals surface area contributed by atoms with Crippen LogP contribution in [0.3, 0.4) is 0 Å². The highest BCUT2D eigenvalue weighted by atomic mass is 16.5. The fourth-order valence-electron chi connectivity index (χ4n) is 3.81. The highest BCUT2D eigenvalue weighted by molar-refractivity contribution is 5.92. The topological polar surface area (TPSA) is 110 Å². The van der Waals surface area contributed by atoms with E-state index in [1.807, 2.05) is 0 Å². The average molecular weight is 346 g/mol. The quantitative estimate of drug-likeness (QED) is 0.855. The van der Waals surface area contributed by atoms with Gasteiger partial charge >= 0.3 is 0 Å². The number of carbonyl (C=O) groups is 2. The monoisotopic (exact) mass is 346 g/mol. The van der Waals surface area contributed by atoms with Crippen molar-refractivity contribution in [3.05, 3.63) is 36.0 Å². The van der Waals surface area contributed by atoms with Crippen LogP contribution in [-0.2, 0) is 0 Å². The van der Waals surface area contributed by atoms with Gasteiger partial charge in [0.15, 0.2) is 11.4 Å². The number of amides is 2. The van der Waals surface area contributed by atoms with Crippen LogP contribution in [0, 0.1) is 17.3 Å². The lowest BCUT2D eigenvalue weighted by Crippen LogP contribution is -2.47. The predicted molar refractivity (Wildman–Crippen MR) is 87.6 cm³/mol. The summed E-state index contributed by atoms with van der Waals surface area (Å²) in [5.41, 5.74) is 0.465. The third kappa shape index (κ3) is 3.57. The number of hydrogen-bond donors (Lipinski definition) is 2. The van der Waals surface area contributed by atoms with E-state index in [4.69, 9.17) is 9.05 Å². The zero-order chi connectivity index (χ0) is 18.0. The number of rotatable bonds is 5. The van der Waals surface area contributed by atoms with Gasteiger partial charge in [-0.3, -0.25) is 9.59 Å². The van der Waals surface area contributed by atoms with Crippen molar-refractivity contribution in [2.45, 2.75) is 33.2 Å². The summed E-state index contributed by atoms with van der Waals surface area (Å²) in [6, 6.07) is 2.97. The molecule has 0 aliphatic heterocycles. The third-order valence-electron chi connectivity index (χ3n) is 5.02. The molecule has 25 heavy (non-hydrogen) atoms. The van der Waals surface area contributed by atoms with E-state index in [1.54, 1.807) is 0 Å². The van der Waals surface area contributed by atoms with E-state index < -0.39 is 0 Å². The summed E-state index contributed by atoms with van der Waals surface area (Å²) in [6.45, 7) is 6.85. The van der Waals surface area contributed by atoms with Crippen molar-refractivity contribution < 1.29 is 18.6 Å². The maximum absolute atomic E-state index is 12.3. The highest BCUT2D eigenvalue weighted by Gasteiger charge is 2.47. The Labute approximate surface area is 145 Å². The molecular formula is C17H22N4O4. The van der Waals surface area contributed by atoms with E-state index in [0.717, 1.165) is 6.42 Å². The molecule has 2 aromatic heterocycles. The Kier molecular flexibility index (Phi) is 4.61. The molecule has 0 saturated heterocycles. The molecule has 0 radical (unpaired) electrons. The Hall–Kier alpha value is -2.64. The van der Waals surface area contributed by atoms with Crippen molar-refractivity contribution in [1.82, 2.24) is 20.9 Å². The standard InChI is InChI=1S/C17H22N4O4/c1-10-8-17(2,3)11(9-18-15(22)12-4-6-24-20-12)14(10)19-16(23)13-5-7-25-21-13/h4-7,10-11,14H,8-9H2,1-3H3,(H,18,22)(H,19,23)/t10-,11-,14-/m1/s1. The van der Waals surface area contributed by atoms with Crippen LogP contribution < -0.4 is 10.6 Å². The number of nitrogens with zero attached hydrogens (tertiary/aromatic N) is 2. The first-order valence-corrected chi connectivity index (χ1v) is 8.28. The molecule has 2 heterocycles. The van der Waals surface area contributed by atoms with Gasteiger partial charge in [-0.25, -0.2) is 0 Å². The minimum absolute atomic E-state index is 0.0295. The lowest BCUT2D eigenvalue weighted by molar-refractivity contribution is 0.0885. The molecule has 8 heteroatoms. The van der Waals surface area contributed by atoms with Crippen LogP contribution in [0.15, 0.2) is 33.7 Å². The molecule has 2 N–H and O–H groups in total. The maximum atomic E-state index is 12.3. The summed E-state index contributed by atoms with van der Waals surface area (Å²) in [6.07, 6.45) is 3.67. The van der Waals surface area contributed by atoms with Gasteiger partial charge < -0.3 is 19.7 Å². The molecule has 1 fully saturated rings. The number of carbonyl (C=O) groups excluding carboxylic acids is 2. The van der Waals surface area contributed by atoms with Crippen LogP contribution in [0.2, 0.25) is 0 Å². The van der Waals surface area contributed by atoms with Gasteiger partial charge in [-0.05, 0) is 17.8 Å². The van der Waals surface area contributed by atoms with Crippen LogP contribution in [-0.4, -0.2) is 34.7 Å². The molecule has 3 atom stereocenters. The van der Waals surface area contributed by atoms with Crippen molar-refractivity contribution >= 4 is 11.8 Å². The number of hydrogen-bond acceptors (Lipinski definition) is 6. The van der Waals surface area contributed by atoms with Gasteiger partial charge in [-0.2, -0.15) is 0 Å². The van der Waals surface area contributed by atoms with Crippen molar-refractivity contribution in [3.63, 3.8) is 0 Å². The second kappa shape index (κ2) is 6.70. The van der Waals surface area contributed by atoms with E-state index in [2.05, 4.69) is 41.7 Å². The van der Waals surface area contributed by atoms with Crippen molar-refractivity contribution in [1.29, 1.82) is 0 Å². The fourth-order valence-corrected chi connectivity index (χ4v) is 3.81. The molecule has 0 aromatic carbocycles. The van der Waals surface area contributed by atoms with E-state index in [9.17, 15) is 9.59 Å². The molecule has 1 aliphatic rings. The average Bonchev–Trinajstić information content (AvgIpc) is 3.27. The van der Waals surface area contributed by atoms with E-state index in [0.29, 0.717) is 6.54 Å². The lowest BCUT2D eigenvalue weighted by atomic mass is 9.80. The minimum Gasteiger partial charge on any atom is -0.364 e. The smallest absolute Gasteiger partial charge is 0.273 e. The van der Waals surface area contributed by atoms with E-state index in [-0.39, 0.29) is 46.5 Å². The zero-order valence-corrected chi connectivity index (χ0v) is 14.5. The SMILES string of the molecule is C[C@@H]1CC(C)(C)[C@H](CNC(=O)c2ccon2)[C@@H]1NC(=O)c1ccon1. The van der Waals surface area contributed by atoms with Gasteiger partial charge in [0.1, 0.15) is 12.5 Å². The first-order valence-electron chi connectivity index (χ1n) is 8.28. The Balaban J connectivity index is 1.69. The fraction of sp³-hybridized carbons (Fsp3) is 0.529. The lowest BCUT2D eigenvalue weighted by Gasteiger charge is -2.31. The predicted octanol–water partition coefficient (Wildman–Crippen LogP) is 1.87. The summed E-state index contributed by atoms with van der Waals surface area (Å²) in [5, 5.41) is 13.3. The minimum atomic E-state index is -0.286. The molecule has 0 bridgehead atoms. The largest absolute Gasteiger partial charge is 0.364 e. The second-order valence-corrected chi connectivity index (χ2v) is 7.26. The van der Waals surface area contributed by atoms with Crippen LogP contribution in [0.5, 0.6) is 0 Å². The molecule has 0 unspecified atom stereocenters. The first-order chi connectivity index (χ1) is 11.9. The summed E-state index contributed by atoms with van der Waals surface area (Å²) in [4.78, 5) is 24.5. The molecule has 3 rings (SSSR count). The normalized spacial score (nSPS) is 24.8. The Morgan fingerprint density at radius 1 is 1.16 bits per heavy atom. The van der Waals surface area contributed by atoms with Gasteiger partial charge in [-0.15, -0.1) is 0 Å². The van der Waals surface area contributed by atoms with Gasteiger partial charge in [-0.1, -0.05) is 31.1 Å². The first kappa shape index (κ1) is 17.2. The van der Waals surface area contributed by atoms with Gasteiger partial charge in [0.2, 0.25) is 0 Å². The summed E-state index contributed by atoms with van der Waals surface area (Å²) >= 11 is 0. The van der Waals surface area contributed by atoms with Gasteiger partial charge in [0.25, 0.3) is 11.8 Å². The van der Waals surface area contributed by atoms with Crippen molar-refractivity contribution in [2.24, 2.45) is 17.3 Å².